The second-order valence-corrected chi connectivity index (χ2v) is 6.80. The van der Waals surface area contributed by atoms with E-state index in [0.29, 0.717) is 6.61 Å². The number of benzene rings is 2. The topological polar surface area (TPSA) is 75.6 Å². The Balaban J connectivity index is 1.81. The average Bonchev–Trinajstić information content (AvgIpc) is 2.58. The Hall–Kier alpha value is -1.89. The second-order valence-electron chi connectivity index (χ2n) is 5.03. The summed E-state index contributed by atoms with van der Waals surface area (Å²) in [6.07, 6.45) is 1.67. The number of para-hydroxylation sites is 1. The first-order chi connectivity index (χ1) is 11.1. The maximum atomic E-state index is 11.9. The number of aryl methyl sites for hydroxylation is 1. The van der Waals surface area contributed by atoms with Crippen LogP contribution < -0.4 is 9.46 Å². The maximum Gasteiger partial charge on any atom is 0.240 e. The van der Waals surface area contributed by atoms with Gasteiger partial charge >= 0.3 is 0 Å². The third kappa shape index (κ3) is 5.67. The van der Waals surface area contributed by atoms with Crippen LogP contribution in [0, 0.1) is 0 Å². The highest BCUT2D eigenvalue weighted by molar-refractivity contribution is 7.89. The Labute approximate surface area is 137 Å². The third-order valence-electron chi connectivity index (χ3n) is 3.26. The summed E-state index contributed by atoms with van der Waals surface area (Å²) in [7, 11) is -3.54. The summed E-state index contributed by atoms with van der Waals surface area (Å²) in [4.78, 5) is 0.204. The van der Waals surface area contributed by atoms with E-state index in [1.165, 1.54) is 0 Å². The molecule has 0 spiro atoms. The summed E-state index contributed by atoms with van der Waals surface area (Å²) in [6, 6.07) is 16.4. The van der Waals surface area contributed by atoms with Gasteiger partial charge in [0.05, 0.1) is 18.1 Å². The van der Waals surface area contributed by atoms with Gasteiger partial charge in [-0.2, -0.15) is 0 Å². The van der Waals surface area contributed by atoms with Gasteiger partial charge in [0.15, 0.2) is 0 Å². The molecule has 23 heavy (non-hydrogen) atoms. The van der Waals surface area contributed by atoms with E-state index < -0.39 is 10.0 Å². The quantitative estimate of drug-likeness (QED) is 0.687. The molecule has 2 N–H and O–H groups in total. The van der Waals surface area contributed by atoms with Crippen molar-refractivity contribution in [3.05, 3.63) is 60.2 Å². The van der Waals surface area contributed by atoms with Gasteiger partial charge in [0, 0.05) is 6.54 Å². The second kappa shape index (κ2) is 8.67. The molecule has 124 valence electrons. The van der Waals surface area contributed by atoms with Crippen molar-refractivity contribution in [1.82, 2.24) is 4.72 Å². The fourth-order valence-corrected chi connectivity index (χ4v) is 3.10. The van der Waals surface area contributed by atoms with Crippen molar-refractivity contribution in [1.29, 1.82) is 0 Å². The van der Waals surface area contributed by atoms with E-state index in [1.54, 1.807) is 24.3 Å². The Bertz CT molecular complexity index is 684. The van der Waals surface area contributed by atoms with Crippen LogP contribution in [-0.2, 0) is 16.4 Å². The molecular formula is C17H21NO4S. The highest BCUT2D eigenvalue weighted by atomic mass is 32.2. The van der Waals surface area contributed by atoms with Crippen LogP contribution in [0.25, 0.3) is 0 Å². The summed E-state index contributed by atoms with van der Waals surface area (Å²) in [5.74, 6) is 0.851. The van der Waals surface area contributed by atoms with Gasteiger partial charge in [-0.15, -0.1) is 0 Å². The van der Waals surface area contributed by atoms with Gasteiger partial charge in [0.25, 0.3) is 0 Å². The molecule has 0 unspecified atom stereocenters. The summed E-state index contributed by atoms with van der Waals surface area (Å²) < 4.78 is 31.7. The minimum Gasteiger partial charge on any atom is -0.494 e. The smallest absolute Gasteiger partial charge is 0.240 e. The lowest BCUT2D eigenvalue weighted by Gasteiger charge is -2.08. The average molecular weight is 335 g/mol. The van der Waals surface area contributed by atoms with Crippen LogP contribution in [0.3, 0.4) is 0 Å². The van der Waals surface area contributed by atoms with Gasteiger partial charge in [-0.25, -0.2) is 13.1 Å². The number of ether oxygens (including phenoxy) is 1. The van der Waals surface area contributed by atoms with Crippen molar-refractivity contribution >= 4 is 10.0 Å². The van der Waals surface area contributed by atoms with Crippen molar-refractivity contribution < 1.29 is 18.3 Å². The van der Waals surface area contributed by atoms with E-state index in [-0.39, 0.29) is 18.0 Å². The number of rotatable bonds is 9. The first kappa shape index (κ1) is 17.5. The van der Waals surface area contributed by atoms with Crippen LogP contribution in [0.1, 0.15) is 12.0 Å². The molecule has 0 radical (unpaired) electrons. The highest BCUT2D eigenvalue weighted by Crippen LogP contribution is 2.13. The van der Waals surface area contributed by atoms with Gasteiger partial charge in [-0.1, -0.05) is 30.3 Å². The van der Waals surface area contributed by atoms with Crippen molar-refractivity contribution in [3.63, 3.8) is 0 Å². The number of hydrogen-bond donors (Lipinski definition) is 2. The van der Waals surface area contributed by atoms with Crippen molar-refractivity contribution in [2.75, 3.05) is 19.8 Å². The van der Waals surface area contributed by atoms with Crippen LogP contribution in [0.2, 0.25) is 0 Å². The lowest BCUT2D eigenvalue weighted by Crippen LogP contribution is -2.26. The van der Waals surface area contributed by atoms with Gasteiger partial charge in [0.1, 0.15) is 5.75 Å². The lowest BCUT2D eigenvalue weighted by molar-refractivity contribution is 0.301. The van der Waals surface area contributed by atoms with Crippen LogP contribution in [0.5, 0.6) is 5.75 Å². The molecule has 0 atom stereocenters. The Morgan fingerprint density at radius 1 is 1.00 bits per heavy atom. The number of aliphatic hydroxyl groups excluding tert-OH is 1. The molecule has 0 aliphatic rings. The molecule has 0 saturated carbocycles. The SMILES string of the molecule is O=S(=O)(NCCO)c1ccc(CCCOc2ccccc2)cc1. The largest absolute Gasteiger partial charge is 0.494 e. The summed E-state index contributed by atoms with van der Waals surface area (Å²) >= 11 is 0. The van der Waals surface area contributed by atoms with E-state index >= 15 is 0 Å². The molecule has 0 heterocycles. The zero-order valence-corrected chi connectivity index (χ0v) is 13.6. The van der Waals surface area contributed by atoms with E-state index in [1.807, 2.05) is 30.3 Å². The number of aliphatic hydroxyl groups is 1. The van der Waals surface area contributed by atoms with Gasteiger partial charge in [-0.3, -0.25) is 0 Å². The first-order valence-electron chi connectivity index (χ1n) is 7.49. The molecule has 2 aromatic carbocycles. The standard InChI is InChI=1S/C17H21NO4S/c19-13-12-18-23(20,21)17-10-8-15(9-11-17)5-4-14-22-16-6-2-1-3-7-16/h1-3,6-11,18-19H,4-5,12-14H2. The van der Waals surface area contributed by atoms with E-state index in [2.05, 4.69) is 4.72 Å². The highest BCUT2D eigenvalue weighted by Gasteiger charge is 2.12. The van der Waals surface area contributed by atoms with E-state index in [4.69, 9.17) is 9.84 Å². The summed E-state index contributed by atoms with van der Waals surface area (Å²) in [6.45, 7) is 0.405. The number of hydrogen-bond acceptors (Lipinski definition) is 4. The van der Waals surface area contributed by atoms with Crippen LogP contribution in [0.4, 0.5) is 0 Å². The molecule has 2 rings (SSSR count). The monoisotopic (exact) mass is 335 g/mol. The van der Waals surface area contributed by atoms with Crippen molar-refractivity contribution in [2.24, 2.45) is 0 Å². The fraction of sp³-hybridized carbons (Fsp3) is 0.294. The zero-order chi connectivity index (χ0) is 16.5. The van der Waals surface area contributed by atoms with E-state index in [0.717, 1.165) is 24.2 Å². The maximum absolute atomic E-state index is 11.9. The number of sulfonamides is 1. The summed E-state index contributed by atoms with van der Waals surface area (Å²) in [5, 5.41) is 8.68. The predicted molar refractivity (Wildman–Crippen MR) is 89.0 cm³/mol. The molecule has 0 bridgehead atoms. The Morgan fingerprint density at radius 2 is 1.70 bits per heavy atom. The normalized spacial score (nSPS) is 11.3. The number of nitrogens with one attached hydrogen (secondary N) is 1. The van der Waals surface area contributed by atoms with Gasteiger partial charge in [0.2, 0.25) is 10.0 Å². The third-order valence-corrected chi connectivity index (χ3v) is 4.74. The van der Waals surface area contributed by atoms with Crippen molar-refractivity contribution in [3.8, 4) is 5.75 Å². The molecule has 2 aromatic rings. The molecule has 0 fully saturated rings. The van der Waals surface area contributed by atoms with Crippen molar-refractivity contribution in [2.45, 2.75) is 17.7 Å². The van der Waals surface area contributed by atoms with Crippen LogP contribution >= 0.6 is 0 Å². The van der Waals surface area contributed by atoms with Crippen LogP contribution in [0.15, 0.2) is 59.5 Å². The summed E-state index contributed by atoms with van der Waals surface area (Å²) in [5.41, 5.74) is 1.06. The molecular weight excluding hydrogens is 314 g/mol. The first-order valence-corrected chi connectivity index (χ1v) is 8.97. The minimum absolute atomic E-state index is 0.0148. The predicted octanol–water partition coefficient (Wildman–Crippen LogP) is 1.97. The minimum atomic E-state index is -3.54. The Morgan fingerprint density at radius 3 is 2.35 bits per heavy atom. The van der Waals surface area contributed by atoms with E-state index in [9.17, 15) is 8.42 Å². The molecule has 0 amide bonds. The molecule has 0 aliphatic carbocycles. The van der Waals surface area contributed by atoms with Gasteiger partial charge < -0.3 is 9.84 Å². The zero-order valence-electron chi connectivity index (χ0n) is 12.8. The molecule has 6 heteroatoms. The lowest BCUT2D eigenvalue weighted by atomic mass is 10.1. The molecule has 0 aromatic heterocycles. The van der Waals surface area contributed by atoms with Crippen LogP contribution in [-0.4, -0.2) is 33.3 Å². The molecule has 0 aliphatic heterocycles. The molecule has 0 saturated heterocycles. The molecule has 5 nitrogen and oxygen atoms in total. The Kier molecular flexibility index (Phi) is 6.58. The van der Waals surface area contributed by atoms with Gasteiger partial charge in [-0.05, 0) is 42.7 Å². The fourth-order valence-electron chi connectivity index (χ4n) is 2.08.